The summed E-state index contributed by atoms with van der Waals surface area (Å²) in [5, 5.41) is 13.7. The third-order valence-electron chi connectivity index (χ3n) is 3.94. The van der Waals surface area contributed by atoms with E-state index in [1.54, 1.807) is 0 Å². The summed E-state index contributed by atoms with van der Waals surface area (Å²) in [5.41, 5.74) is 2.06. The van der Waals surface area contributed by atoms with Crippen molar-refractivity contribution >= 4 is 5.97 Å². The van der Waals surface area contributed by atoms with E-state index in [9.17, 15) is 9.90 Å². The lowest BCUT2D eigenvalue weighted by atomic mass is 10.0. The average molecular weight is 285 g/mol. The zero-order chi connectivity index (χ0) is 14.7. The Morgan fingerprint density at radius 2 is 2.10 bits per heavy atom. The van der Waals surface area contributed by atoms with Gasteiger partial charge in [0.05, 0.1) is 11.9 Å². The molecule has 1 N–H and O–H groups in total. The number of carbonyl (C=O) groups is 1. The average Bonchev–Trinajstić information content (AvgIpc) is 2.97. The number of rotatable bonds is 4. The number of likely N-dealkylation sites (tertiary alicyclic amines) is 1. The normalized spacial score (nSPS) is 19.5. The second-order valence-electron chi connectivity index (χ2n) is 5.45. The molecular weight excluding hydrogens is 266 g/mol. The lowest BCUT2D eigenvalue weighted by molar-refractivity contribution is -0.144. The van der Waals surface area contributed by atoms with Gasteiger partial charge in [-0.3, -0.25) is 9.69 Å². The Hall–Kier alpha value is -2.14. The van der Waals surface area contributed by atoms with E-state index < -0.39 is 5.97 Å². The van der Waals surface area contributed by atoms with Crippen molar-refractivity contribution in [3.63, 3.8) is 0 Å². The first-order chi connectivity index (χ1) is 10.2. The number of aliphatic carboxylic acids is 1. The maximum atomic E-state index is 11.3. The van der Waals surface area contributed by atoms with Crippen LogP contribution in [0.25, 0.3) is 5.69 Å². The second kappa shape index (κ2) is 6.10. The Balaban J connectivity index is 1.73. The maximum Gasteiger partial charge on any atom is 0.320 e. The first kappa shape index (κ1) is 13.8. The van der Waals surface area contributed by atoms with Gasteiger partial charge in [0.2, 0.25) is 0 Å². The van der Waals surface area contributed by atoms with Crippen LogP contribution in [0.15, 0.2) is 42.7 Å². The van der Waals surface area contributed by atoms with Gasteiger partial charge in [-0.1, -0.05) is 24.6 Å². The van der Waals surface area contributed by atoms with Crippen LogP contribution in [0.4, 0.5) is 0 Å². The topological polar surface area (TPSA) is 58.4 Å². The van der Waals surface area contributed by atoms with Crippen LogP contribution in [0.1, 0.15) is 24.8 Å². The highest BCUT2D eigenvalue weighted by Crippen LogP contribution is 2.20. The summed E-state index contributed by atoms with van der Waals surface area (Å²) in [6.45, 7) is 1.48. The van der Waals surface area contributed by atoms with Crippen LogP contribution in [0, 0.1) is 0 Å². The molecule has 1 atom stereocenters. The van der Waals surface area contributed by atoms with Gasteiger partial charge in [0, 0.05) is 18.3 Å². The Bertz CT molecular complexity index is 609. The fourth-order valence-corrected chi connectivity index (χ4v) is 2.86. The Morgan fingerprint density at radius 3 is 2.86 bits per heavy atom. The molecule has 21 heavy (non-hydrogen) atoms. The first-order valence-electron chi connectivity index (χ1n) is 7.30. The minimum absolute atomic E-state index is 0.362. The molecule has 0 saturated carbocycles. The second-order valence-corrected chi connectivity index (χ2v) is 5.45. The molecule has 1 aromatic carbocycles. The molecule has 0 radical (unpaired) electrons. The third-order valence-corrected chi connectivity index (χ3v) is 3.94. The van der Waals surface area contributed by atoms with Crippen LogP contribution in [0.2, 0.25) is 0 Å². The largest absolute Gasteiger partial charge is 0.480 e. The van der Waals surface area contributed by atoms with Gasteiger partial charge >= 0.3 is 5.97 Å². The molecule has 1 unspecified atom stereocenters. The van der Waals surface area contributed by atoms with Gasteiger partial charge in [-0.15, -0.1) is 0 Å². The summed E-state index contributed by atoms with van der Waals surface area (Å²) in [5.74, 6) is -0.717. The van der Waals surface area contributed by atoms with Crippen LogP contribution >= 0.6 is 0 Å². The molecule has 1 aliphatic rings. The molecule has 1 aliphatic heterocycles. The number of hydrogen-bond acceptors (Lipinski definition) is 3. The van der Waals surface area contributed by atoms with Gasteiger partial charge in [-0.25, -0.2) is 4.68 Å². The van der Waals surface area contributed by atoms with Crippen LogP contribution in [0.5, 0.6) is 0 Å². The molecule has 0 amide bonds. The number of aromatic nitrogens is 2. The zero-order valence-electron chi connectivity index (χ0n) is 11.9. The van der Waals surface area contributed by atoms with Crippen molar-refractivity contribution < 1.29 is 9.90 Å². The lowest BCUT2D eigenvalue weighted by Gasteiger charge is -2.32. The molecule has 2 aromatic rings. The number of carboxylic acids is 1. The molecule has 2 heterocycles. The summed E-state index contributed by atoms with van der Waals surface area (Å²) >= 11 is 0. The van der Waals surface area contributed by atoms with Crippen LogP contribution < -0.4 is 0 Å². The molecule has 0 aliphatic carbocycles. The van der Waals surface area contributed by atoms with Gasteiger partial charge in [0.25, 0.3) is 0 Å². The summed E-state index contributed by atoms with van der Waals surface area (Å²) in [7, 11) is 0. The molecule has 5 heteroatoms. The molecule has 0 bridgehead atoms. The van der Waals surface area contributed by atoms with Crippen molar-refractivity contribution in [2.75, 3.05) is 6.54 Å². The van der Waals surface area contributed by atoms with Gasteiger partial charge in [-0.05, 0) is 31.5 Å². The van der Waals surface area contributed by atoms with E-state index in [0.717, 1.165) is 37.1 Å². The van der Waals surface area contributed by atoms with E-state index in [2.05, 4.69) is 5.10 Å². The van der Waals surface area contributed by atoms with E-state index in [4.69, 9.17) is 0 Å². The predicted molar refractivity (Wildman–Crippen MR) is 79.2 cm³/mol. The van der Waals surface area contributed by atoms with Crippen LogP contribution in [-0.2, 0) is 11.3 Å². The lowest BCUT2D eigenvalue weighted by Crippen LogP contribution is -2.43. The minimum Gasteiger partial charge on any atom is -0.480 e. The fourth-order valence-electron chi connectivity index (χ4n) is 2.86. The zero-order valence-corrected chi connectivity index (χ0v) is 11.9. The van der Waals surface area contributed by atoms with Crippen molar-refractivity contribution in [1.82, 2.24) is 14.7 Å². The molecular formula is C16H19N3O2. The first-order valence-corrected chi connectivity index (χ1v) is 7.30. The smallest absolute Gasteiger partial charge is 0.320 e. The standard InChI is InChI=1S/C16H19N3O2/c20-16(21)15-8-4-5-9-18(15)11-13-10-17-19(12-13)14-6-2-1-3-7-14/h1-3,6-7,10,12,15H,4-5,8-9,11H2,(H,20,21). The highest BCUT2D eigenvalue weighted by atomic mass is 16.4. The predicted octanol–water partition coefficient (Wildman–Crippen LogP) is 2.31. The Labute approximate surface area is 123 Å². The van der Waals surface area contributed by atoms with Gasteiger partial charge in [0.15, 0.2) is 0 Å². The summed E-state index contributed by atoms with van der Waals surface area (Å²) in [4.78, 5) is 13.4. The Morgan fingerprint density at radius 1 is 1.29 bits per heavy atom. The molecule has 0 spiro atoms. The highest BCUT2D eigenvalue weighted by Gasteiger charge is 2.28. The van der Waals surface area contributed by atoms with Crippen molar-refractivity contribution in [1.29, 1.82) is 0 Å². The van der Waals surface area contributed by atoms with Crippen molar-refractivity contribution in [2.45, 2.75) is 31.8 Å². The van der Waals surface area contributed by atoms with Gasteiger partial charge in [-0.2, -0.15) is 5.10 Å². The van der Waals surface area contributed by atoms with Crippen molar-refractivity contribution in [3.8, 4) is 5.69 Å². The van der Waals surface area contributed by atoms with Gasteiger partial charge < -0.3 is 5.11 Å². The molecule has 1 aromatic heterocycles. The monoisotopic (exact) mass is 285 g/mol. The molecule has 3 rings (SSSR count). The fraction of sp³-hybridized carbons (Fsp3) is 0.375. The van der Waals surface area contributed by atoms with Crippen molar-refractivity contribution in [3.05, 3.63) is 48.3 Å². The minimum atomic E-state index is -0.717. The number of hydrogen-bond donors (Lipinski definition) is 1. The summed E-state index contributed by atoms with van der Waals surface area (Å²) in [6.07, 6.45) is 6.60. The van der Waals surface area contributed by atoms with Gasteiger partial charge in [0.1, 0.15) is 6.04 Å². The van der Waals surface area contributed by atoms with Crippen LogP contribution in [0.3, 0.4) is 0 Å². The number of piperidine rings is 1. The number of carboxylic acid groups (broad SMARTS) is 1. The Kier molecular flexibility index (Phi) is 4.01. The van der Waals surface area contributed by atoms with E-state index in [0.29, 0.717) is 6.54 Å². The third kappa shape index (κ3) is 3.13. The molecule has 5 nitrogen and oxygen atoms in total. The summed E-state index contributed by atoms with van der Waals surface area (Å²) in [6, 6.07) is 9.55. The SMILES string of the molecule is O=C(O)C1CCCCN1Cc1cnn(-c2ccccc2)c1. The number of para-hydroxylation sites is 1. The quantitative estimate of drug-likeness (QED) is 0.936. The molecule has 1 fully saturated rings. The van der Waals surface area contributed by atoms with E-state index in [1.807, 2.05) is 52.3 Å². The number of benzene rings is 1. The molecule has 1 saturated heterocycles. The summed E-state index contributed by atoms with van der Waals surface area (Å²) < 4.78 is 1.83. The van der Waals surface area contributed by atoms with Crippen molar-refractivity contribution in [2.24, 2.45) is 0 Å². The highest BCUT2D eigenvalue weighted by molar-refractivity contribution is 5.73. The van der Waals surface area contributed by atoms with E-state index in [-0.39, 0.29) is 6.04 Å². The van der Waals surface area contributed by atoms with E-state index in [1.165, 1.54) is 0 Å². The van der Waals surface area contributed by atoms with E-state index >= 15 is 0 Å². The molecule has 110 valence electrons. The maximum absolute atomic E-state index is 11.3. The van der Waals surface area contributed by atoms with Crippen LogP contribution in [-0.4, -0.2) is 38.3 Å². The number of nitrogens with zero attached hydrogens (tertiary/aromatic N) is 3.